The summed E-state index contributed by atoms with van der Waals surface area (Å²) in [6.45, 7) is 0. The van der Waals surface area contributed by atoms with Gasteiger partial charge in [0.1, 0.15) is 17.6 Å². The second-order valence-corrected chi connectivity index (χ2v) is 7.97. The average Bonchev–Trinajstić information content (AvgIpc) is 3.37. The number of fused-ring (bicyclic) bond motifs is 1. The molecule has 2 aromatic rings. The third-order valence-electron chi connectivity index (χ3n) is 5.97. The number of ether oxygens (including phenoxy) is 3. The highest BCUT2D eigenvalue weighted by molar-refractivity contribution is 5.99. The molecule has 0 radical (unpaired) electrons. The number of methoxy groups -OCH3 is 2. The van der Waals surface area contributed by atoms with Gasteiger partial charge in [-0.25, -0.2) is 9.59 Å². The summed E-state index contributed by atoms with van der Waals surface area (Å²) in [6, 6.07) is 9.90. The molecule has 4 rings (SSSR count). The van der Waals surface area contributed by atoms with Crippen molar-refractivity contribution in [2.45, 2.75) is 37.6 Å². The second-order valence-electron chi connectivity index (χ2n) is 7.97. The topological polar surface area (TPSA) is 131 Å². The zero-order valence-electron chi connectivity index (χ0n) is 18.6. The number of amides is 2. The minimum Gasteiger partial charge on any atom is -0.493 e. The number of benzene rings is 2. The number of aliphatic carboxylic acids is 1. The molecule has 1 saturated heterocycles. The molecule has 2 amide bonds. The smallest absolute Gasteiger partial charge is 0.344 e. The standard InChI is InChI=1S/C24H24N2O8/c1-32-17-10-8-14-19(20(17)33-2)24(31)34-22(14)26-16(9-11-18(26)27)21(28)25-15(23(29)30)12-13-6-4-3-5-7-13/h3-8,10,15-16,22H,9,11-12H2,1-2H3,(H,25,28)(H,29,30)/t15-,16-,22+/m0/s1. The molecule has 0 saturated carbocycles. The lowest BCUT2D eigenvalue weighted by Crippen LogP contribution is -2.51. The van der Waals surface area contributed by atoms with Gasteiger partial charge in [0.2, 0.25) is 18.0 Å². The number of carbonyl (C=O) groups is 4. The maximum atomic E-state index is 13.1. The van der Waals surface area contributed by atoms with Crippen LogP contribution >= 0.6 is 0 Å². The summed E-state index contributed by atoms with van der Waals surface area (Å²) in [6.07, 6.45) is -0.823. The zero-order valence-corrected chi connectivity index (χ0v) is 18.6. The van der Waals surface area contributed by atoms with Crippen molar-refractivity contribution >= 4 is 23.8 Å². The minimum atomic E-state index is -1.19. The van der Waals surface area contributed by atoms with Crippen LogP contribution in [0.15, 0.2) is 42.5 Å². The maximum Gasteiger partial charge on any atom is 0.344 e. The fourth-order valence-corrected chi connectivity index (χ4v) is 4.36. The van der Waals surface area contributed by atoms with Crippen LogP contribution in [-0.4, -0.2) is 60.1 Å². The number of nitrogens with zero attached hydrogens (tertiary/aromatic N) is 1. The zero-order chi connectivity index (χ0) is 24.4. The predicted molar refractivity (Wildman–Crippen MR) is 117 cm³/mol. The highest BCUT2D eigenvalue weighted by Crippen LogP contribution is 2.45. The fourth-order valence-electron chi connectivity index (χ4n) is 4.36. The minimum absolute atomic E-state index is 0.0607. The van der Waals surface area contributed by atoms with Crippen LogP contribution in [0, 0.1) is 0 Å². The molecule has 10 nitrogen and oxygen atoms in total. The molecule has 2 aliphatic heterocycles. The van der Waals surface area contributed by atoms with Gasteiger partial charge >= 0.3 is 11.9 Å². The Morgan fingerprint density at radius 2 is 1.88 bits per heavy atom. The summed E-state index contributed by atoms with van der Waals surface area (Å²) in [7, 11) is 2.81. The van der Waals surface area contributed by atoms with E-state index in [-0.39, 0.29) is 36.5 Å². The Labute approximate surface area is 195 Å². The number of hydrogen-bond acceptors (Lipinski definition) is 7. The van der Waals surface area contributed by atoms with Gasteiger partial charge in [-0.3, -0.25) is 14.5 Å². The number of carboxylic acids is 1. The van der Waals surface area contributed by atoms with Crippen molar-refractivity contribution in [3.63, 3.8) is 0 Å². The molecule has 0 aliphatic carbocycles. The van der Waals surface area contributed by atoms with Gasteiger partial charge < -0.3 is 24.6 Å². The lowest BCUT2D eigenvalue weighted by Gasteiger charge is -2.30. The third kappa shape index (κ3) is 4.14. The van der Waals surface area contributed by atoms with E-state index in [9.17, 15) is 24.3 Å². The summed E-state index contributed by atoms with van der Waals surface area (Å²) < 4.78 is 16.0. The van der Waals surface area contributed by atoms with E-state index < -0.39 is 36.2 Å². The molecule has 2 aliphatic rings. The number of likely N-dealkylation sites (tertiary alicyclic amines) is 1. The first kappa shape index (κ1) is 23.1. The molecule has 10 heteroatoms. The van der Waals surface area contributed by atoms with Gasteiger partial charge in [-0.05, 0) is 24.1 Å². The van der Waals surface area contributed by atoms with Gasteiger partial charge in [0.25, 0.3) is 0 Å². The van der Waals surface area contributed by atoms with Crippen LogP contribution in [0.4, 0.5) is 0 Å². The van der Waals surface area contributed by atoms with E-state index in [4.69, 9.17) is 14.2 Å². The van der Waals surface area contributed by atoms with Gasteiger partial charge in [0, 0.05) is 18.4 Å². The van der Waals surface area contributed by atoms with Crippen LogP contribution in [-0.2, 0) is 25.5 Å². The largest absolute Gasteiger partial charge is 0.493 e. The van der Waals surface area contributed by atoms with E-state index in [1.807, 2.05) is 6.07 Å². The number of hydrogen-bond donors (Lipinski definition) is 2. The van der Waals surface area contributed by atoms with Crippen LogP contribution in [0.3, 0.4) is 0 Å². The van der Waals surface area contributed by atoms with Crippen LogP contribution in [0.1, 0.15) is 40.6 Å². The summed E-state index contributed by atoms with van der Waals surface area (Å²) in [5.74, 6) is -2.40. The molecule has 3 atom stereocenters. The molecule has 2 N–H and O–H groups in total. The monoisotopic (exact) mass is 468 g/mol. The van der Waals surface area contributed by atoms with E-state index in [2.05, 4.69) is 5.32 Å². The fraction of sp³-hybridized carbons (Fsp3) is 0.333. The van der Waals surface area contributed by atoms with Crippen LogP contribution in [0.5, 0.6) is 11.5 Å². The Kier molecular flexibility index (Phi) is 6.40. The quantitative estimate of drug-likeness (QED) is 0.560. The molecule has 2 heterocycles. The van der Waals surface area contributed by atoms with Crippen molar-refractivity contribution in [2.75, 3.05) is 14.2 Å². The van der Waals surface area contributed by atoms with E-state index in [0.29, 0.717) is 11.3 Å². The van der Waals surface area contributed by atoms with Crippen molar-refractivity contribution in [3.05, 3.63) is 59.2 Å². The summed E-state index contributed by atoms with van der Waals surface area (Å²) in [5, 5.41) is 12.2. The Hall–Kier alpha value is -4.08. The molecule has 0 bridgehead atoms. The molecule has 0 unspecified atom stereocenters. The molecule has 0 aromatic heterocycles. The van der Waals surface area contributed by atoms with Gasteiger partial charge in [-0.1, -0.05) is 30.3 Å². The van der Waals surface area contributed by atoms with Crippen molar-refractivity contribution in [3.8, 4) is 11.5 Å². The SMILES string of the molecule is COc1ccc2c(c1OC)C(=O)O[C@H]2N1C(=O)CC[C@H]1C(=O)N[C@@H](Cc1ccccc1)C(=O)O. The Bertz CT molecular complexity index is 1130. The number of nitrogens with one attached hydrogen (secondary N) is 1. The number of rotatable bonds is 8. The second kappa shape index (κ2) is 9.42. The van der Waals surface area contributed by atoms with Crippen LogP contribution < -0.4 is 14.8 Å². The molecule has 1 fully saturated rings. The van der Waals surface area contributed by atoms with Crippen LogP contribution in [0.25, 0.3) is 0 Å². The number of cyclic esters (lactones) is 1. The lowest BCUT2D eigenvalue weighted by atomic mass is 10.0. The first-order chi connectivity index (χ1) is 16.3. The van der Waals surface area contributed by atoms with E-state index >= 15 is 0 Å². The van der Waals surface area contributed by atoms with Gasteiger partial charge in [-0.2, -0.15) is 0 Å². The summed E-state index contributed by atoms with van der Waals surface area (Å²) in [4.78, 5) is 51.6. The highest BCUT2D eigenvalue weighted by Gasteiger charge is 2.48. The average molecular weight is 468 g/mol. The summed E-state index contributed by atoms with van der Waals surface area (Å²) in [5.41, 5.74) is 1.24. The van der Waals surface area contributed by atoms with Crippen LogP contribution in [0.2, 0.25) is 0 Å². The van der Waals surface area contributed by atoms with E-state index in [1.54, 1.807) is 36.4 Å². The van der Waals surface area contributed by atoms with Crippen molar-refractivity contribution < 1.29 is 38.5 Å². The number of carboxylic acid groups (broad SMARTS) is 1. The van der Waals surface area contributed by atoms with E-state index in [0.717, 1.165) is 5.56 Å². The van der Waals surface area contributed by atoms with Gasteiger partial charge in [-0.15, -0.1) is 0 Å². The summed E-state index contributed by atoms with van der Waals surface area (Å²) >= 11 is 0. The van der Waals surface area contributed by atoms with Crippen molar-refractivity contribution in [1.82, 2.24) is 10.2 Å². The Balaban J connectivity index is 1.59. The maximum absolute atomic E-state index is 13.1. The van der Waals surface area contributed by atoms with Gasteiger partial charge in [0.05, 0.1) is 14.2 Å². The first-order valence-electron chi connectivity index (χ1n) is 10.7. The molecular weight excluding hydrogens is 444 g/mol. The number of esters is 1. The normalized spacial score (nSPS) is 19.9. The van der Waals surface area contributed by atoms with Crippen molar-refractivity contribution in [1.29, 1.82) is 0 Å². The van der Waals surface area contributed by atoms with Gasteiger partial charge in [0.15, 0.2) is 11.5 Å². The Morgan fingerprint density at radius 3 is 2.53 bits per heavy atom. The first-order valence-corrected chi connectivity index (χ1v) is 10.7. The lowest BCUT2D eigenvalue weighted by molar-refractivity contribution is -0.147. The number of carbonyl (C=O) groups excluding carboxylic acids is 3. The molecule has 178 valence electrons. The molecule has 34 heavy (non-hydrogen) atoms. The third-order valence-corrected chi connectivity index (χ3v) is 5.97. The molecule has 2 aromatic carbocycles. The van der Waals surface area contributed by atoms with E-state index in [1.165, 1.54) is 19.1 Å². The van der Waals surface area contributed by atoms with Crippen molar-refractivity contribution in [2.24, 2.45) is 0 Å². The molecular formula is C24H24N2O8. The predicted octanol–water partition coefficient (Wildman–Crippen LogP) is 1.68. The Morgan fingerprint density at radius 1 is 1.15 bits per heavy atom. The molecule has 0 spiro atoms. The highest BCUT2D eigenvalue weighted by atomic mass is 16.6.